The fourth-order valence-corrected chi connectivity index (χ4v) is 2.72. The molecule has 1 saturated carbocycles. The molecule has 1 saturated heterocycles. The van der Waals surface area contributed by atoms with Crippen LogP contribution < -0.4 is 0 Å². The van der Waals surface area contributed by atoms with Gasteiger partial charge in [-0.05, 0) is 26.2 Å². The molecule has 96 valence electrons. The van der Waals surface area contributed by atoms with E-state index in [1.807, 2.05) is 0 Å². The highest BCUT2D eigenvalue weighted by Crippen LogP contribution is 2.29. The Kier molecular flexibility index (Phi) is 4.02. The van der Waals surface area contributed by atoms with Crippen molar-refractivity contribution >= 4 is 11.9 Å². The largest absolute Gasteiger partial charge is 0.464 e. The van der Waals surface area contributed by atoms with Crippen LogP contribution >= 0.6 is 0 Å². The summed E-state index contributed by atoms with van der Waals surface area (Å²) in [6.07, 6.45) is 6.28. The topological polar surface area (TPSA) is 46.6 Å². The van der Waals surface area contributed by atoms with Crippen LogP contribution in [0.2, 0.25) is 0 Å². The zero-order chi connectivity index (χ0) is 12.3. The SMILES string of the molecule is CCOC(=O)C1CCN1C(=O)C1CCCCC1. The summed E-state index contributed by atoms with van der Waals surface area (Å²) in [5.74, 6) is 0.0953. The summed E-state index contributed by atoms with van der Waals surface area (Å²) < 4.78 is 4.98. The van der Waals surface area contributed by atoms with Crippen molar-refractivity contribution in [1.29, 1.82) is 0 Å². The number of carbonyl (C=O) groups excluding carboxylic acids is 2. The standard InChI is InChI=1S/C13H21NO3/c1-2-17-13(16)11-8-9-14(11)12(15)10-6-4-3-5-7-10/h10-11H,2-9H2,1H3. The second-order valence-electron chi connectivity index (χ2n) is 4.92. The van der Waals surface area contributed by atoms with Gasteiger partial charge in [-0.1, -0.05) is 19.3 Å². The Morgan fingerprint density at radius 3 is 2.41 bits per heavy atom. The minimum Gasteiger partial charge on any atom is -0.464 e. The average Bonchev–Trinajstić information content (AvgIpc) is 2.29. The Hall–Kier alpha value is -1.06. The number of hydrogen-bond acceptors (Lipinski definition) is 3. The van der Waals surface area contributed by atoms with Gasteiger partial charge in [0, 0.05) is 12.5 Å². The van der Waals surface area contributed by atoms with Crippen LogP contribution in [0.1, 0.15) is 45.4 Å². The molecule has 1 aliphatic carbocycles. The lowest BCUT2D eigenvalue weighted by atomic mass is 9.86. The van der Waals surface area contributed by atoms with Crippen LogP contribution in [0.4, 0.5) is 0 Å². The highest BCUT2D eigenvalue weighted by molar-refractivity contribution is 5.87. The van der Waals surface area contributed by atoms with Crippen LogP contribution in [-0.4, -0.2) is 36.0 Å². The van der Waals surface area contributed by atoms with Crippen LogP contribution in [0, 0.1) is 5.92 Å². The first kappa shape index (κ1) is 12.4. The molecule has 1 unspecified atom stereocenters. The number of likely N-dealkylation sites (tertiary alicyclic amines) is 1. The van der Waals surface area contributed by atoms with E-state index in [1.165, 1.54) is 6.42 Å². The molecule has 0 spiro atoms. The molecule has 0 bridgehead atoms. The van der Waals surface area contributed by atoms with E-state index in [1.54, 1.807) is 11.8 Å². The van der Waals surface area contributed by atoms with Crippen LogP contribution in [-0.2, 0) is 14.3 Å². The van der Waals surface area contributed by atoms with Gasteiger partial charge in [0.15, 0.2) is 0 Å². The molecule has 4 nitrogen and oxygen atoms in total. The quantitative estimate of drug-likeness (QED) is 0.705. The second kappa shape index (κ2) is 5.52. The molecule has 1 atom stereocenters. The number of ether oxygens (including phenoxy) is 1. The van der Waals surface area contributed by atoms with Crippen LogP contribution in [0.5, 0.6) is 0 Å². The van der Waals surface area contributed by atoms with E-state index in [-0.39, 0.29) is 23.8 Å². The molecule has 2 aliphatic rings. The molecule has 1 amide bonds. The molecule has 4 heteroatoms. The van der Waals surface area contributed by atoms with Gasteiger partial charge < -0.3 is 9.64 Å². The van der Waals surface area contributed by atoms with Crippen LogP contribution in [0.15, 0.2) is 0 Å². The van der Waals surface area contributed by atoms with Crippen LogP contribution in [0.3, 0.4) is 0 Å². The molecule has 1 aliphatic heterocycles. The lowest BCUT2D eigenvalue weighted by molar-refractivity contribution is -0.163. The van der Waals surface area contributed by atoms with Gasteiger partial charge >= 0.3 is 5.97 Å². The van der Waals surface area contributed by atoms with E-state index >= 15 is 0 Å². The van der Waals surface area contributed by atoms with Gasteiger partial charge in [-0.25, -0.2) is 4.79 Å². The Labute approximate surface area is 102 Å². The lowest BCUT2D eigenvalue weighted by Gasteiger charge is -2.41. The fraction of sp³-hybridized carbons (Fsp3) is 0.846. The van der Waals surface area contributed by atoms with Gasteiger partial charge in [-0.15, -0.1) is 0 Å². The minimum atomic E-state index is -0.302. The zero-order valence-electron chi connectivity index (χ0n) is 10.5. The Morgan fingerprint density at radius 2 is 1.88 bits per heavy atom. The van der Waals surface area contributed by atoms with Gasteiger partial charge in [0.2, 0.25) is 5.91 Å². The van der Waals surface area contributed by atoms with Crippen molar-refractivity contribution in [3.63, 3.8) is 0 Å². The van der Waals surface area contributed by atoms with Crippen molar-refractivity contribution in [2.45, 2.75) is 51.5 Å². The normalized spacial score (nSPS) is 25.2. The summed E-state index contributed by atoms with van der Waals surface area (Å²) in [5, 5.41) is 0. The fourth-order valence-electron chi connectivity index (χ4n) is 2.72. The van der Waals surface area contributed by atoms with E-state index in [4.69, 9.17) is 4.74 Å². The summed E-state index contributed by atoms with van der Waals surface area (Å²) in [7, 11) is 0. The molecule has 2 fully saturated rings. The van der Waals surface area contributed by atoms with Gasteiger partial charge in [0.05, 0.1) is 6.61 Å². The number of esters is 1. The van der Waals surface area contributed by atoms with Crippen molar-refractivity contribution in [3.8, 4) is 0 Å². The molecule has 2 rings (SSSR count). The van der Waals surface area contributed by atoms with Gasteiger partial charge in [0.25, 0.3) is 0 Å². The Morgan fingerprint density at radius 1 is 1.18 bits per heavy atom. The number of hydrogen-bond donors (Lipinski definition) is 0. The first-order valence-corrected chi connectivity index (χ1v) is 6.71. The smallest absolute Gasteiger partial charge is 0.328 e. The Balaban J connectivity index is 1.88. The molecular weight excluding hydrogens is 218 g/mol. The molecule has 0 aromatic carbocycles. The monoisotopic (exact) mass is 239 g/mol. The Bertz CT molecular complexity index is 297. The maximum atomic E-state index is 12.2. The summed E-state index contributed by atoms with van der Waals surface area (Å²) in [5.41, 5.74) is 0. The molecular formula is C13H21NO3. The highest BCUT2D eigenvalue weighted by atomic mass is 16.5. The molecule has 17 heavy (non-hydrogen) atoms. The third-order valence-corrected chi connectivity index (χ3v) is 3.82. The molecule has 0 aromatic rings. The molecule has 0 aromatic heterocycles. The summed E-state index contributed by atoms with van der Waals surface area (Å²) in [6, 6.07) is -0.302. The maximum Gasteiger partial charge on any atom is 0.328 e. The number of amides is 1. The van der Waals surface area contributed by atoms with Crippen molar-refractivity contribution in [2.24, 2.45) is 5.92 Å². The van der Waals surface area contributed by atoms with Crippen molar-refractivity contribution < 1.29 is 14.3 Å². The van der Waals surface area contributed by atoms with Crippen molar-refractivity contribution in [3.05, 3.63) is 0 Å². The molecule has 1 heterocycles. The summed E-state index contributed by atoms with van der Waals surface area (Å²) in [6.45, 7) is 2.91. The third-order valence-electron chi connectivity index (χ3n) is 3.82. The summed E-state index contributed by atoms with van der Waals surface area (Å²) in [4.78, 5) is 25.5. The number of rotatable bonds is 3. The van der Waals surface area contributed by atoms with E-state index in [2.05, 4.69) is 0 Å². The predicted octanol–water partition coefficient (Wildman–Crippen LogP) is 1.73. The maximum absolute atomic E-state index is 12.2. The third kappa shape index (κ3) is 2.61. The van der Waals surface area contributed by atoms with E-state index < -0.39 is 0 Å². The van der Waals surface area contributed by atoms with E-state index in [0.29, 0.717) is 6.61 Å². The average molecular weight is 239 g/mol. The minimum absolute atomic E-state index is 0.154. The lowest BCUT2D eigenvalue weighted by Crippen LogP contribution is -2.57. The van der Waals surface area contributed by atoms with Crippen molar-refractivity contribution in [2.75, 3.05) is 13.2 Å². The first-order chi connectivity index (χ1) is 8.24. The second-order valence-corrected chi connectivity index (χ2v) is 4.92. The van der Waals surface area contributed by atoms with Gasteiger partial charge in [-0.3, -0.25) is 4.79 Å². The predicted molar refractivity (Wildman–Crippen MR) is 63.3 cm³/mol. The molecule has 0 radical (unpaired) electrons. The number of carbonyl (C=O) groups is 2. The van der Waals surface area contributed by atoms with Crippen molar-refractivity contribution in [1.82, 2.24) is 4.90 Å². The van der Waals surface area contributed by atoms with Gasteiger partial charge in [0.1, 0.15) is 6.04 Å². The van der Waals surface area contributed by atoms with E-state index in [0.717, 1.165) is 38.6 Å². The number of nitrogens with zero attached hydrogens (tertiary/aromatic N) is 1. The zero-order valence-corrected chi connectivity index (χ0v) is 10.5. The van der Waals surface area contributed by atoms with Gasteiger partial charge in [-0.2, -0.15) is 0 Å². The highest BCUT2D eigenvalue weighted by Gasteiger charge is 2.40. The first-order valence-electron chi connectivity index (χ1n) is 6.71. The van der Waals surface area contributed by atoms with Crippen LogP contribution in [0.25, 0.3) is 0 Å². The molecule has 0 N–H and O–H groups in total. The summed E-state index contributed by atoms with van der Waals surface area (Å²) >= 11 is 0. The van der Waals surface area contributed by atoms with E-state index in [9.17, 15) is 9.59 Å².